The maximum Gasteiger partial charge on any atom is 0.352 e. The number of nitrogens with zero attached hydrogens (tertiary/aromatic N) is 1. The molecule has 0 unspecified atom stereocenters. The number of likely N-dealkylation sites (tertiary alicyclic amines) is 1. The number of aromatic amines is 1. The highest BCUT2D eigenvalue weighted by atomic mass is 35.5. The summed E-state index contributed by atoms with van der Waals surface area (Å²) >= 11 is 0. The van der Waals surface area contributed by atoms with E-state index in [9.17, 15) is 23.9 Å². The highest BCUT2D eigenvalue weighted by Crippen LogP contribution is 2.38. The summed E-state index contributed by atoms with van der Waals surface area (Å²) in [6.45, 7) is -0.0677. The second-order valence-corrected chi connectivity index (χ2v) is 10.5. The van der Waals surface area contributed by atoms with Crippen LogP contribution in [0.4, 0.5) is 10.1 Å². The molecule has 2 heterocycles. The SMILES string of the molecule is Cl.N[C@H](CF)C1CCC(C(=O)N2CC[C@H](c3ccccc3)[C@H]2C(=O)Nc2ccc3[nH]c(C(=O)O)cc3c2)CC1. The van der Waals surface area contributed by atoms with Gasteiger partial charge in [0.2, 0.25) is 11.8 Å². The van der Waals surface area contributed by atoms with E-state index in [1.807, 2.05) is 30.3 Å². The Bertz CT molecular complexity index is 1330. The Hall–Kier alpha value is -3.43. The topological polar surface area (TPSA) is 129 Å². The molecule has 1 aliphatic carbocycles. The number of H-pyrrole nitrogens is 1. The molecule has 3 aromatic rings. The number of rotatable bonds is 7. The number of hydrogen-bond acceptors (Lipinski definition) is 4. The van der Waals surface area contributed by atoms with Crippen molar-refractivity contribution in [3.8, 4) is 0 Å². The molecule has 0 bridgehead atoms. The number of anilines is 1. The highest BCUT2D eigenvalue weighted by molar-refractivity contribution is 6.01. The lowest BCUT2D eigenvalue weighted by molar-refractivity contribution is -0.141. The number of amides is 2. The number of carbonyl (C=O) groups excluding carboxylic acids is 2. The van der Waals surface area contributed by atoms with Crippen molar-refractivity contribution in [2.45, 2.75) is 50.1 Å². The first-order chi connectivity index (χ1) is 18.4. The van der Waals surface area contributed by atoms with Gasteiger partial charge in [-0.2, -0.15) is 0 Å². The summed E-state index contributed by atoms with van der Waals surface area (Å²) in [5.41, 5.74) is 8.17. The summed E-state index contributed by atoms with van der Waals surface area (Å²) in [6, 6.07) is 15.3. The van der Waals surface area contributed by atoms with Crippen LogP contribution in [0.15, 0.2) is 54.6 Å². The van der Waals surface area contributed by atoms with Crippen LogP contribution in [0.3, 0.4) is 0 Å². The van der Waals surface area contributed by atoms with Crippen molar-refractivity contribution in [2.24, 2.45) is 17.6 Å². The number of carboxylic acids is 1. The van der Waals surface area contributed by atoms with Gasteiger partial charge in [-0.3, -0.25) is 9.59 Å². The van der Waals surface area contributed by atoms with Gasteiger partial charge in [-0.15, -0.1) is 12.4 Å². The number of aromatic carboxylic acids is 1. The molecule has 10 heteroatoms. The minimum atomic E-state index is -1.06. The molecule has 0 radical (unpaired) electrons. The number of alkyl halides is 1. The van der Waals surface area contributed by atoms with Crippen molar-refractivity contribution in [3.05, 3.63) is 65.9 Å². The normalized spacial score (nSPS) is 23.7. The standard InChI is InChI=1S/C29H33FN4O4.ClH/c30-16-23(31)18-6-8-19(9-7-18)28(36)34-13-12-22(17-4-2-1-3-5-17)26(34)27(35)32-21-10-11-24-20(14-21)15-25(33-24)29(37)38;/h1-5,10-11,14-15,18-19,22-23,26,33H,6-9,12-13,16,31H2,(H,32,35)(H,37,38);1H/t18?,19?,22-,23-,26+;/m1./s1. The lowest BCUT2D eigenvalue weighted by Gasteiger charge is -2.35. The monoisotopic (exact) mass is 556 g/mol. The number of carbonyl (C=O) groups is 3. The third-order valence-corrected chi connectivity index (χ3v) is 8.20. The van der Waals surface area contributed by atoms with Crippen LogP contribution in [0.1, 0.15) is 54.1 Å². The summed E-state index contributed by atoms with van der Waals surface area (Å²) in [4.78, 5) is 43.4. The fourth-order valence-electron chi connectivity index (χ4n) is 6.11. The first-order valence-electron chi connectivity index (χ1n) is 13.2. The summed E-state index contributed by atoms with van der Waals surface area (Å²) in [6.07, 6.45) is 3.39. The van der Waals surface area contributed by atoms with Crippen molar-refractivity contribution in [1.29, 1.82) is 0 Å². The average Bonchev–Trinajstić information content (AvgIpc) is 3.58. The summed E-state index contributed by atoms with van der Waals surface area (Å²) in [5.74, 6) is -1.61. The predicted molar refractivity (Wildman–Crippen MR) is 150 cm³/mol. The van der Waals surface area contributed by atoms with E-state index in [4.69, 9.17) is 5.73 Å². The molecule has 8 nitrogen and oxygen atoms in total. The van der Waals surface area contributed by atoms with E-state index < -0.39 is 24.7 Å². The second-order valence-electron chi connectivity index (χ2n) is 10.5. The van der Waals surface area contributed by atoms with Crippen LogP contribution in [0.5, 0.6) is 0 Å². The Morgan fingerprint density at radius 3 is 2.44 bits per heavy atom. The van der Waals surface area contributed by atoms with Gasteiger partial charge in [-0.05, 0) is 67.9 Å². The van der Waals surface area contributed by atoms with Crippen LogP contribution >= 0.6 is 12.4 Å². The number of benzene rings is 2. The Labute approximate surface area is 232 Å². The third kappa shape index (κ3) is 5.94. The van der Waals surface area contributed by atoms with Crippen LogP contribution in [-0.2, 0) is 9.59 Å². The molecule has 3 atom stereocenters. The van der Waals surface area contributed by atoms with Crippen molar-refractivity contribution in [1.82, 2.24) is 9.88 Å². The number of fused-ring (bicyclic) bond motifs is 1. The first-order valence-corrected chi connectivity index (χ1v) is 13.2. The Balaban J connectivity index is 0.00000353. The minimum absolute atomic E-state index is 0. The largest absolute Gasteiger partial charge is 0.477 e. The number of aromatic nitrogens is 1. The smallest absolute Gasteiger partial charge is 0.352 e. The van der Waals surface area contributed by atoms with Crippen LogP contribution in [0.2, 0.25) is 0 Å². The fourth-order valence-corrected chi connectivity index (χ4v) is 6.11. The zero-order valence-electron chi connectivity index (χ0n) is 21.5. The summed E-state index contributed by atoms with van der Waals surface area (Å²) < 4.78 is 13.0. The molecule has 1 aromatic heterocycles. The molecule has 5 rings (SSSR count). The van der Waals surface area contributed by atoms with Gasteiger partial charge in [0.25, 0.3) is 0 Å². The average molecular weight is 557 g/mol. The van der Waals surface area contributed by atoms with E-state index in [1.54, 1.807) is 23.1 Å². The molecule has 2 aromatic carbocycles. The molecule has 1 saturated carbocycles. The Morgan fingerprint density at radius 2 is 1.77 bits per heavy atom. The summed E-state index contributed by atoms with van der Waals surface area (Å²) in [5, 5.41) is 12.9. The number of nitrogens with two attached hydrogens (primary N) is 1. The molecule has 208 valence electrons. The molecular weight excluding hydrogens is 523 g/mol. The minimum Gasteiger partial charge on any atom is -0.477 e. The molecule has 1 aliphatic heterocycles. The third-order valence-electron chi connectivity index (χ3n) is 8.20. The molecular formula is C29H34ClFN4O4. The second kappa shape index (κ2) is 12.2. The lowest BCUT2D eigenvalue weighted by Crippen LogP contribution is -2.48. The van der Waals surface area contributed by atoms with Gasteiger partial charge < -0.3 is 26.0 Å². The molecule has 2 amide bonds. The zero-order valence-corrected chi connectivity index (χ0v) is 22.3. The van der Waals surface area contributed by atoms with E-state index in [1.165, 1.54) is 6.07 Å². The molecule has 39 heavy (non-hydrogen) atoms. The van der Waals surface area contributed by atoms with Gasteiger partial charge in [-0.1, -0.05) is 30.3 Å². The Morgan fingerprint density at radius 1 is 1.05 bits per heavy atom. The maximum absolute atomic E-state index is 13.8. The summed E-state index contributed by atoms with van der Waals surface area (Å²) in [7, 11) is 0. The molecule has 2 fully saturated rings. The van der Waals surface area contributed by atoms with Crippen LogP contribution in [0, 0.1) is 11.8 Å². The van der Waals surface area contributed by atoms with E-state index >= 15 is 0 Å². The van der Waals surface area contributed by atoms with Crippen LogP contribution in [-0.4, -0.2) is 58.1 Å². The molecule has 2 aliphatic rings. The quantitative estimate of drug-likeness (QED) is 0.335. The molecule has 5 N–H and O–H groups in total. The van der Waals surface area contributed by atoms with Gasteiger partial charge in [0, 0.05) is 41.0 Å². The lowest BCUT2D eigenvalue weighted by atomic mass is 9.78. The van der Waals surface area contributed by atoms with Gasteiger partial charge in [0.1, 0.15) is 18.4 Å². The zero-order chi connectivity index (χ0) is 26.8. The van der Waals surface area contributed by atoms with E-state index in [0.717, 1.165) is 5.56 Å². The predicted octanol–water partition coefficient (Wildman–Crippen LogP) is 4.71. The van der Waals surface area contributed by atoms with E-state index in [2.05, 4.69) is 10.3 Å². The van der Waals surface area contributed by atoms with E-state index in [-0.39, 0.29) is 47.7 Å². The first kappa shape index (κ1) is 28.6. The van der Waals surface area contributed by atoms with Crippen molar-refractivity contribution < 1.29 is 23.9 Å². The Kier molecular flexibility index (Phi) is 8.92. The van der Waals surface area contributed by atoms with Gasteiger partial charge in [0.15, 0.2) is 0 Å². The van der Waals surface area contributed by atoms with Crippen LogP contribution in [0.25, 0.3) is 10.9 Å². The van der Waals surface area contributed by atoms with Crippen molar-refractivity contribution >= 4 is 46.8 Å². The molecule has 1 saturated heterocycles. The van der Waals surface area contributed by atoms with Gasteiger partial charge in [0.05, 0.1) is 0 Å². The van der Waals surface area contributed by atoms with Crippen molar-refractivity contribution in [2.75, 3.05) is 18.5 Å². The number of halogens is 2. The molecule has 0 spiro atoms. The highest BCUT2D eigenvalue weighted by Gasteiger charge is 2.44. The maximum atomic E-state index is 13.8. The number of nitrogens with one attached hydrogen (secondary N) is 2. The number of carboxylic acid groups (broad SMARTS) is 1. The fraction of sp³-hybridized carbons (Fsp3) is 0.414. The van der Waals surface area contributed by atoms with Gasteiger partial charge >= 0.3 is 5.97 Å². The number of hydrogen-bond donors (Lipinski definition) is 4. The van der Waals surface area contributed by atoms with E-state index in [0.29, 0.717) is 55.2 Å². The van der Waals surface area contributed by atoms with Crippen LogP contribution < -0.4 is 11.1 Å². The van der Waals surface area contributed by atoms with Crippen molar-refractivity contribution in [3.63, 3.8) is 0 Å². The van der Waals surface area contributed by atoms with Gasteiger partial charge in [-0.25, -0.2) is 9.18 Å².